The molecule has 0 unspecified atom stereocenters. The van der Waals surface area contributed by atoms with E-state index in [0.717, 1.165) is 0 Å². The lowest BCUT2D eigenvalue weighted by Gasteiger charge is -2.06. The lowest BCUT2D eigenvalue weighted by molar-refractivity contribution is -0.114. The number of nitrogens with zero attached hydrogens (tertiary/aromatic N) is 1. The first kappa shape index (κ1) is 17.3. The Hall–Kier alpha value is -3.48. The molecule has 3 rings (SSSR count). The normalized spacial score (nSPS) is 10.6. The number of halogens is 1. The molecule has 26 heavy (non-hydrogen) atoms. The number of aromatic nitrogens is 1. The van der Waals surface area contributed by atoms with Crippen molar-refractivity contribution in [1.29, 1.82) is 0 Å². The van der Waals surface area contributed by atoms with Crippen LogP contribution in [0.25, 0.3) is 10.9 Å². The molecule has 6 nitrogen and oxygen atoms in total. The van der Waals surface area contributed by atoms with Crippen LogP contribution in [0.15, 0.2) is 48.7 Å². The van der Waals surface area contributed by atoms with Crippen LogP contribution in [0.1, 0.15) is 29.0 Å². The fraction of sp³-hybridized carbons (Fsp3) is 0.105. The number of hydrogen-bond acceptors (Lipinski definition) is 3. The van der Waals surface area contributed by atoms with Gasteiger partial charge in [0.1, 0.15) is 5.82 Å². The number of amides is 2. The summed E-state index contributed by atoms with van der Waals surface area (Å²) in [6, 6.07) is 10.5. The SMILES string of the molecule is CC(=O)Nc1ccc(NC(=O)c2cn(C(C)=O)c3cc(F)ccc23)cc1. The number of benzene rings is 2. The maximum Gasteiger partial charge on any atom is 0.257 e. The second-order valence-corrected chi connectivity index (χ2v) is 5.81. The van der Waals surface area contributed by atoms with Gasteiger partial charge in [0.15, 0.2) is 0 Å². The highest BCUT2D eigenvalue weighted by molar-refractivity contribution is 6.14. The summed E-state index contributed by atoms with van der Waals surface area (Å²) in [6.45, 7) is 2.75. The molecular weight excluding hydrogens is 337 g/mol. The fourth-order valence-corrected chi connectivity index (χ4v) is 2.68. The first-order valence-corrected chi connectivity index (χ1v) is 7.85. The molecular formula is C19H16FN3O3. The van der Waals surface area contributed by atoms with E-state index in [-0.39, 0.29) is 17.4 Å². The van der Waals surface area contributed by atoms with E-state index in [1.165, 1.54) is 42.8 Å². The van der Waals surface area contributed by atoms with E-state index in [1.807, 2.05) is 0 Å². The van der Waals surface area contributed by atoms with Gasteiger partial charge in [0.2, 0.25) is 11.8 Å². The molecule has 3 aromatic rings. The molecule has 1 aromatic heterocycles. The van der Waals surface area contributed by atoms with Crippen LogP contribution in [0.3, 0.4) is 0 Å². The Balaban J connectivity index is 1.90. The van der Waals surface area contributed by atoms with E-state index in [2.05, 4.69) is 10.6 Å². The van der Waals surface area contributed by atoms with Gasteiger partial charge in [-0.3, -0.25) is 19.0 Å². The third-order valence-electron chi connectivity index (χ3n) is 3.81. The monoisotopic (exact) mass is 353 g/mol. The van der Waals surface area contributed by atoms with Gasteiger partial charge in [0, 0.05) is 36.8 Å². The molecule has 1 heterocycles. The van der Waals surface area contributed by atoms with Crippen molar-refractivity contribution >= 4 is 40.0 Å². The minimum absolute atomic E-state index is 0.189. The van der Waals surface area contributed by atoms with E-state index in [9.17, 15) is 18.8 Å². The average molecular weight is 353 g/mol. The molecule has 0 aliphatic carbocycles. The largest absolute Gasteiger partial charge is 0.326 e. The lowest BCUT2D eigenvalue weighted by atomic mass is 10.1. The molecule has 2 N–H and O–H groups in total. The number of rotatable bonds is 3. The van der Waals surface area contributed by atoms with Crippen LogP contribution in [0.2, 0.25) is 0 Å². The van der Waals surface area contributed by atoms with Crippen LogP contribution in [-0.2, 0) is 4.79 Å². The Morgan fingerprint density at radius 1 is 0.923 bits per heavy atom. The van der Waals surface area contributed by atoms with Crippen LogP contribution in [0, 0.1) is 5.82 Å². The molecule has 132 valence electrons. The molecule has 2 amide bonds. The number of fused-ring (bicyclic) bond motifs is 1. The van der Waals surface area contributed by atoms with E-state index < -0.39 is 11.7 Å². The molecule has 0 fully saturated rings. The molecule has 2 aromatic carbocycles. The van der Waals surface area contributed by atoms with Crippen molar-refractivity contribution in [2.75, 3.05) is 10.6 Å². The van der Waals surface area contributed by atoms with Crippen molar-refractivity contribution in [3.63, 3.8) is 0 Å². The first-order valence-electron chi connectivity index (χ1n) is 7.85. The number of carbonyl (C=O) groups is 3. The maximum absolute atomic E-state index is 13.5. The van der Waals surface area contributed by atoms with Crippen LogP contribution >= 0.6 is 0 Å². The van der Waals surface area contributed by atoms with Gasteiger partial charge in [-0.05, 0) is 42.5 Å². The Bertz CT molecular complexity index is 1020. The molecule has 7 heteroatoms. The van der Waals surface area contributed by atoms with Crippen molar-refractivity contribution in [1.82, 2.24) is 4.57 Å². The van der Waals surface area contributed by atoms with Crippen LogP contribution in [0.5, 0.6) is 0 Å². The summed E-state index contributed by atoms with van der Waals surface area (Å²) < 4.78 is 14.8. The van der Waals surface area contributed by atoms with Crippen molar-refractivity contribution in [3.05, 3.63) is 60.0 Å². The number of anilines is 2. The van der Waals surface area contributed by atoms with Gasteiger partial charge >= 0.3 is 0 Å². The third kappa shape index (κ3) is 3.46. The number of nitrogens with one attached hydrogen (secondary N) is 2. The Kier molecular flexibility index (Phi) is 4.53. The zero-order chi connectivity index (χ0) is 18.8. The topological polar surface area (TPSA) is 80.2 Å². The number of hydrogen-bond donors (Lipinski definition) is 2. The van der Waals surface area contributed by atoms with Gasteiger partial charge in [-0.25, -0.2) is 4.39 Å². The second-order valence-electron chi connectivity index (χ2n) is 5.81. The van der Waals surface area contributed by atoms with Gasteiger partial charge in [-0.1, -0.05) is 0 Å². The fourth-order valence-electron chi connectivity index (χ4n) is 2.68. The molecule has 0 radical (unpaired) electrons. The quantitative estimate of drug-likeness (QED) is 0.754. The highest BCUT2D eigenvalue weighted by Crippen LogP contribution is 2.24. The Morgan fingerprint density at radius 2 is 1.54 bits per heavy atom. The molecule has 0 aliphatic rings. The standard InChI is InChI=1S/C19H16FN3O3/c1-11(24)21-14-4-6-15(7-5-14)22-19(26)17-10-23(12(2)25)18-9-13(20)3-8-16(17)18/h3-10H,1-2H3,(H,21,24)(H,22,26). The predicted octanol–water partition coefficient (Wildman–Crippen LogP) is 3.65. The van der Waals surface area contributed by atoms with Crippen molar-refractivity contribution < 1.29 is 18.8 Å². The summed E-state index contributed by atoms with van der Waals surface area (Å²) in [7, 11) is 0. The Morgan fingerprint density at radius 3 is 2.12 bits per heavy atom. The van der Waals surface area contributed by atoms with Crippen molar-refractivity contribution in [3.8, 4) is 0 Å². The van der Waals surface area contributed by atoms with E-state index in [1.54, 1.807) is 24.3 Å². The average Bonchev–Trinajstić information content (AvgIpc) is 2.95. The first-order chi connectivity index (χ1) is 12.3. The molecule has 0 aliphatic heterocycles. The summed E-state index contributed by atoms with van der Waals surface area (Å²) in [6.07, 6.45) is 1.40. The zero-order valence-electron chi connectivity index (χ0n) is 14.2. The van der Waals surface area contributed by atoms with Gasteiger partial charge in [0.25, 0.3) is 5.91 Å². The predicted molar refractivity (Wildman–Crippen MR) is 96.9 cm³/mol. The maximum atomic E-state index is 13.5. The van der Waals surface area contributed by atoms with E-state index >= 15 is 0 Å². The van der Waals surface area contributed by atoms with Crippen LogP contribution in [-0.4, -0.2) is 22.3 Å². The van der Waals surface area contributed by atoms with Gasteiger partial charge < -0.3 is 10.6 Å². The summed E-state index contributed by atoms with van der Waals surface area (Å²) in [4.78, 5) is 35.4. The van der Waals surface area contributed by atoms with Crippen molar-refractivity contribution in [2.24, 2.45) is 0 Å². The van der Waals surface area contributed by atoms with Crippen molar-refractivity contribution in [2.45, 2.75) is 13.8 Å². The number of carbonyl (C=O) groups excluding carboxylic acids is 3. The van der Waals surface area contributed by atoms with Gasteiger partial charge in [0.05, 0.1) is 11.1 Å². The highest BCUT2D eigenvalue weighted by Gasteiger charge is 2.17. The zero-order valence-corrected chi connectivity index (χ0v) is 14.2. The molecule has 0 saturated carbocycles. The molecule has 0 spiro atoms. The minimum atomic E-state index is -0.487. The van der Waals surface area contributed by atoms with Crippen LogP contribution < -0.4 is 10.6 Å². The summed E-state index contributed by atoms with van der Waals surface area (Å²) >= 11 is 0. The van der Waals surface area contributed by atoms with E-state index in [4.69, 9.17) is 0 Å². The highest BCUT2D eigenvalue weighted by atomic mass is 19.1. The smallest absolute Gasteiger partial charge is 0.257 e. The lowest BCUT2D eigenvalue weighted by Crippen LogP contribution is -2.12. The van der Waals surface area contributed by atoms with Crippen LogP contribution in [0.4, 0.5) is 15.8 Å². The molecule has 0 saturated heterocycles. The summed E-state index contributed by atoms with van der Waals surface area (Å²) in [5, 5.41) is 5.84. The summed E-state index contributed by atoms with van der Waals surface area (Å²) in [5.74, 6) is -1.42. The van der Waals surface area contributed by atoms with E-state index in [0.29, 0.717) is 22.3 Å². The Labute approximate surface area is 148 Å². The van der Waals surface area contributed by atoms with Gasteiger partial charge in [-0.2, -0.15) is 0 Å². The third-order valence-corrected chi connectivity index (χ3v) is 3.81. The second kappa shape index (κ2) is 6.79. The molecule has 0 atom stereocenters. The molecule has 0 bridgehead atoms. The summed E-state index contributed by atoms with van der Waals surface area (Å²) in [5.41, 5.74) is 1.74. The minimum Gasteiger partial charge on any atom is -0.326 e. The van der Waals surface area contributed by atoms with Gasteiger partial charge in [-0.15, -0.1) is 0 Å².